The first-order chi connectivity index (χ1) is 10.9. The Labute approximate surface area is 142 Å². The number of halogens is 3. The number of unbranched alkanes of at least 4 members (excludes halogenated alkanes) is 1. The molecule has 0 bridgehead atoms. The SMILES string of the molecule is O=C(CCCCC1CCSS1)NCc1ccc(C(F)(F)F)cc1. The van der Waals surface area contributed by atoms with Crippen LogP contribution in [0.2, 0.25) is 0 Å². The van der Waals surface area contributed by atoms with Gasteiger partial charge in [-0.05, 0) is 37.0 Å². The summed E-state index contributed by atoms with van der Waals surface area (Å²) in [6, 6.07) is 4.88. The quantitative estimate of drug-likeness (QED) is 0.544. The summed E-state index contributed by atoms with van der Waals surface area (Å²) in [5.41, 5.74) is 0.00116. The van der Waals surface area contributed by atoms with Crippen molar-refractivity contribution in [1.82, 2.24) is 5.32 Å². The van der Waals surface area contributed by atoms with E-state index in [1.165, 1.54) is 24.3 Å². The van der Waals surface area contributed by atoms with E-state index in [0.29, 0.717) is 12.0 Å². The van der Waals surface area contributed by atoms with Crippen molar-refractivity contribution in [2.75, 3.05) is 5.75 Å². The van der Waals surface area contributed by atoms with E-state index in [4.69, 9.17) is 0 Å². The van der Waals surface area contributed by atoms with Crippen molar-refractivity contribution < 1.29 is 18.0 Å². The fourth-order valence-corrected chi connectivity index (χ4v) is 5.35. The van der Waals surface area contributed by atoms with E-state index in [-0.39, 0.29) is 12.5 Å². The van der Waals surface area contributed by atoms with Gasteiger partial charge in [0, 0.05) is 24.0 Å². The number of nitrogens with one attached hydrogen (secondary N) is 1. The predicted octanol–water partition coefficient (Wildman–Crippen LogP) is 5.04. The smallest absolute Gasteiger partial charge is 0.352 e. The third-order valence-corrected chi connectivity index (χ3v) is 6.68. The molecular weight excluding hydrogens is 343 g/mol. The van der Waals surface area contributed by atoms with Crippen molar-refractivity contribution in [3.63, 3.8) is 0 Å². The minimum atomic E-state index is -4.32. The molecule has 1 aliphatic rings. The predicted molar refractivity (Wildman–Crippen MR) is 90.2 cm³/mol. The molecule has 0 radical (unpaired) electrons. The van der Waals surface area contributed by atoms with Gasteiger partial charge >= 0.3 is 6.18 Å². The first kappa shape index (κ1) is 18.5. The third kappa shape index (κ3) is 6.67. The van der Waals surface area contributed by atoms with E-state index in [0.717, 1.165) is 36.6 Å². The average molecular weight is 363 g/mol. The second-order valence-electron chi connectivity index (χ2n) is 5.55. The molecule has 1 aromatic rings. The lowest BCUT2D eigenvalue weighted by Gasteiger charge is -2.09. The largest absolute Gasteiger partial charge is 0.416 e. The van der Waals surface area contributed by atoms with Crippen LogP contribution >= 0.6 is 21.6 Å². The van der Waals surface area contributed by atoms with Crippen molar-refractivity contribution in [1.29, 1.82) is 0 Å². The second kappa shape index (κ2) is 8.87. The maximum Gasteiger partial charge on any atom is 0.416 e. The molecule has 2 rings (SSSR count). The van der Waals surface area contributed by atoms with E-state index in [2.05, 4.69) is 5.32 Å². The van der Waals surface area contributed by atoms with Gasteiger partial charge in [0.2, 0.25) is 5.91 Å². The van der Waals surface area contributed by atoms with Gasteiger partial charge in [0.15, 0.2) is 0 Å². The number of carbonyl (C=O) groups is 1. The van der Waals surface area contributed by atoms with Gasteiger partial charge in [-0.15, -0.1) is 0 Å². The van der Waals surface area contributed by atoms with Gasteiger partial charge in [0.25, 0.3) is 0 Å². The molecule has 7 heteroatoms. The van der Waals surface area contributed by atoms with Crippen molar-refractivity contribution >= 4 is 27.5 Å². The number of alkyl halides is 3. The molecule has 1 saturated heterocycles. The van der Waals surface area contributed by atoms with Crippen LogP contribution < -0.4 is 5.32 Å². The van der Waals surface area contributed by atoms with Crippen molar-refractivity contribution in [2.45, 2.75) is 50.1 Å². The molecular formula is C16H20F3NOS2. The standard InChI is InChI=1S/C16H20F3NOS2/c17-16(18,19)13-7-5-12(6-8-13)11-20-15(21)4-2-1-3-14-9-10-22-23-14/h5-8,14H,1-4,9-11H2,(H,20,21). The molecule has 1 aliphatic heterocycles. The molecule has 0 saturated carbocycles. The molecule has 0 aliphatic carbocycles. The number of hydrogen-bond acceptors (Lipinski definition) is 3. The van der Waals surface area contributed by atoms with Gasteiger partial charge in [-0.25, -0.2) is 0 Å². The van der Waals surface area contributed by atoms with Gasteiger partial charge < -0.3 is 5.32 Å². The molecule has 128 valence electrons. The molecule has 1 aromatic carbocycles. The number of amides is 1. The van der Waals surface area contributed by atoms with Crippen LogP contribution in [0.1, 0.15) is 43.2 Å². The lowest BCUT2D eigenvalue weighted by molar-refractivity contribution is -0.137. The Kier molecular flexibility index (Phi) is 7.14. The first-order valence-electron chi connectivity index (χ1n) is 7.66. The Bertz CT molecular complexity index is 499. The van der Waals surface area contributed by atoms with Gasteiger partial charge in [-0.2, -0.15) is 13.2 Å². The Morgan fingerprint density at radius 2 is 1.96 bits per heavy atom. The molecule has 1 atom stereocenters. The minimum Gasteiger partial charge on any atom is -0.352 e. The van der Waals surface area contributed by atoms with Crippen LogP contribution in [0, 0.1) is 0 Å². The van der Waals surface area contributed by atoms with Crippen molar-refractivity contribution in [2.24, 2.45) is 0 Å². The first-order valence-corrected chi connectivity index (χ1v) is 10.0. The molecule has 1 N–H and O–H groups in total. The van der Waals surface area contributed by atoms with Gasteiger partial charge in [0.1, 0.15) is 0 Å². The summed E-state index contributed by atoms with van der Waals surface area (Å²) in [7, 11) is 3.87. The van der Waals surface area contributed by atoms with Crippen LogP contribution in [0.25, 0.3) is 0 Å². The number of hydrogen-bond donors (Lipinski definition) is 1. The zero-order valence-electron chi connectivity index (χ0n) is 12.7. The highest BCUT2D eigenvalue weighted by Crippen LogP contribution is 2.39. The molecule has 1 heterocycles. The second-order valence-corrected chi connectivity index (χ2v) is 8.33. The molecule has 1 amide bonds. The monoisotopic (exact) mass is 363 g/mol. The van der Waals surface area contributed by atoms with Crippen LogP contribution in [-0.4, -0.2) is 16.9 Å². The van der Waals surface area contributed by atoms with Crippen LogP contribution in [0.15, 0.2) is 24.3 Å². The molecule has 1 fully saturated rings. The van der Waals surface area contributed by atoms with Crippen LogP contribution in [0.5, 0.6) is 0 Å². The van der Waals surface area contributed by atoms with Crippen LogP contribution in [0.4, 0.5) is 13.2 Å². The van der Waals surface area contributed by atoms with E-state index < -0.39 is 11.7 Å². The lowest BCUT2D eigenvalue weighted by Crippen LogP contribution is -2.22. The molecule has 1 unspecified atom stereocenters. The van der Waals surface area contributed by atoms with Crippen molar-refractivity contribution in [3.8, 4) is 0 Å². The Morgan fingerprint density at radius 1 is 1.22 bits per heavy atom. The number of rotatable bonds is 7. The van der Waals surface area contributed by atoms with Gasteiger partial charge in [0.05, 0.1) is 5.56 Å². The summed E-state index contributed by atoms with van der Waals surface area (Å²) >= 11 is 0. The normalized spacial score (nSPS) is 18.1. The van der Waals surface area contributed by atoms with Gasteiger partial charge in [-0.1, -0.05) is 40.1 Å². The number of benzene rings is 1. The zero-order valence-corrected chi connectivity index (χ0v) is 14.3. The maximum absolute atomic E-state index is 12.4. The summed E-state index contributed by atoms with van der Waals surface area (Å²) in [6.07, 6.45) is 0.481. The molecule has 23 heavy (non-hydrogen) atoms. The minimum absolute atomic E-state index is 0.0432. The fourth-order valence-electron chi connectivity index (χ4n) is 2.32. The molecule has 0 aromatic heterocycles. The summed E-state index contributed by atoms with van der Waals surface area (Å²) in [6.45, 7) is 0.270. The van der Waals surface area contributed by atoms with E-state index in [1.807, 2.05) is 21.6 Å². The van der Waals surface area contributed by atoms with Crippen molar-refractivity contribution in [3.05, 3.63) is 35.4 Å². The summed E-state index contributed by atoms with van der Waals surface area (Å²) in [5, 5.41) is 3.49. The van der Waals surface area contributed by atoms with E-state index in [1.54, 1.807) is 0 Å². The Morgan fingerprint density at radius 3 is 2.57 bits per heavy atom. The number of carbonyl (C=O) groups excluding carboxylic acids is 1. The lowest BCUT2D eigenvalue weighted by atomic mass is 10.1. The average Bonchev–Trinajstić information content (AvgIpc) is 3.02. The topological polar surface area (TPSA) is 29.1 Å². The zero-order chi connectivity index (χ0) is 16.7. The highest BCUT2D eigenvalue weighted by molar-refractivity contribution is 8.77. The van der Waals surface area contributed by atoms with Crippen LogP contribution in [-0.2, 0) is 17.5 Å². The highest BCUT2D eigenvalue weighted by Gasteiger charge is 2.29. The van der Waals surface area contributed by atoms with Crippen LogP contribution in [0.3, 0.4) is 0 Å². The summed E-state index contributed by atoms with van der Waals surface area (Å²) in [4.78, 5) is 11.7. The highest BCUT2D eigenvalue weighted by atomic mass is 33.1. The summed E-state index contributed by atoms with van der Waals surface area (Å²) in [5.74, 6) is 1.18. The Balaban J connectivity index is 1.62. The molecule has 0 spiro atoms. The maximum atomic E-state index is 12.4. The van der Waals surface area contributed by atoms with Gasteiger partial charge in [-0.3, -0.25) is 4.79 Å². The van der Waals surface area contributed by atoms with E-state index >= 15 is 0 Å². The Hall–Kier alpha value is -0.820. The fraction of sp³-hybridized carbons (Fsp3) is 0.562. The van der Waals surface area contributed by atoms with E-state index in [9.17, 15) is 18.0 Å². The molecule has 2 nitrogen and oxygen atoms in total. The third-order valence-electron chi connectivity index (χ3n) is 3.68. The summed E-state index contributed by atoms with van der Waals surface area (Å²) < 4.78 is 37.3.